The Morgan fingerprint density at radius 3 is 2.54 bits per heavy atom. The number of benzene rings is 2. The predicted molar refractivity (Wildman–Crippen MR) is 85.6 cm³/mol. The van der Waals surface area contributed by atoms with Gasteiger partial charge in [-0.25, -0.2) is 0 Å². The van der Waals surface area contributed by atoms with E-state index in [0.717, 1.165) is 12.1 Å². The van der Waals surface area contributed by atoms with Gasteiger partial charge in [0.2, 0.25) is 0 Å². The number of methoxy groups -OCH3 is 1. The van der Waals surface area contributed by atoms with Gasteiger partial charge in [0.25, 0.3) is 5.69 Å². The lowest BCUT2D eigenvalue weighted by molar-refractivity contribution is -0.393. The SMILES string of the molecule is COc1cc(/C=N/Nc2ccc([N+](=O)[O-])cc2[N+](=O)[O-])ccc1O. The number of ether oxygens (including phenoxy) is 1. The first-order chi connectivity index (χ1) is 11.4. The normalized spacial score (nSPS) is 10.5. The molecule has 10 heteroatoms. The van der Waals surface area contributed by atoms with Crippen molar-refractivity contribution in [3.63, 3.8) is 0 Å². The van der Waals surface area contributed by atoms with Crippen molar-refractivity contribution in [1.29, 1.82) is 0 Å². The van der Waals surface area contributed by atoms with Crippen LogP contribution in [0.2, 0.25) is 0 Å². The Kier molecular flexibility index (Phi) is 4.90. The molecule has 0 fully saturated rings. The second-order valence-electron chi connectivity index (χ2n) is 4.52. The molecule has 2 N–H and O–H groups in total. The minimum Gasteiger partial charge on any atom is -0.504 e. The van der Waals surface area contributed by atoms with E-state index in [1.54, 1.807) is 6.07 Å². The molecule has 0 bridgehead atoms. The van der Waals surface area contributed by atoms with Gasteiger partial charge in [-0.05, 0) is 29.8 Å². The molecule has 0 saturated heterocycles. The summed E-state index contributed by atoms with van der Waals surface area (Å²) < 4.78 is 4.95. The van der Waals surface area contributed by atoms with Crippen LogP contribution in [-0.4, -0.2) is 28.3 Å². The average Bonchev–Trinajstić information content (AvgIpc) is 2.56. The maximum absolute atomic E-state index is 11.0. The van der Waals surface area contributed by atoms with Crippen LogP contribution in [-0.2, 0) is 0 Å². The molecule has 0 aliphatic rings. The highest BCUT2D eigenvalue weighted by Gasteiger charge is 2.19. The molecule has 0 aliphatic heterocycles. The molecular weight excluding hydrogens is 320 g/mol. The summed E-state index contributed by atoms with van der Waals surface area (Å²) in [5.41, 5.74) is 2.18. The highest BCUT2D eigenvalue weighted by molar-refractivity contribution is 5.82. The van der Waals surface area contributed by atoms with E-state index in [4.69, 9.17) is 4.74 Å². The lowest BCUT2D eigenvalue weighted by atomic mass is 10.2. The average molecular weight is 332 g/mol. The Balaban J connectivity index is 2.22. The number of hydrazone groups is 1. The van der Waals surface area contributed by atoms with Crippen LogP contribution in [0.3, 0.4) is 0 Å². The number of nitrogens with one attached hydrogen (secondary N) is 1. The first kappa shape index (κ1) is 16.7. The number of nitrogens with zero attached hydrogens (tertiary/aromatic N) is 3. The van der Waals surface area contributed by atoms with E-state index >= 15 is 0 Å². The summed E-state index contributed by atoms with van der Waals surface area (Å²) in [4.78, 5) is 20.2. The van der Waals surface area contributed by atoms with Crippen LogP contribution in [0.5, 0.6) is 11.5 Å². The fourth-order valence-electron chi connectivity index (χ4n) is 1.83. The summed E-state index contributed by atoms with van der Waals surface area (Å²) >= 11 is 0. The molecule has 2 aromatic carbocycles. The van der Waals surface area contributed by atoms with Crippen molar-refractivity contribution in [2.24, 2.45) is 5.10 Å². The summed E-state index contributed by atoms with van der Waals surface area (Å²) in [6.07, 6.45) is 1.35. The summed E-state index contributed by atoms with van der Waals surface area (Å²) in [5.74, 6) is 0.217. The van der Waals surface area contributed by atoms with Gasteiger partial charge >= 0.3 is 5.69 Å². The fourth-order valence-corrected chi connectivity index (χ4v) is 1.83. The van der Waals surface area contributed by atoms with Gasteiger partial charge in [0, 0.05) is 6.07 Å². The van der Waals surface area contributed by atoms with Gasteiger partial charge in [0.05, 0.1) is 29.2 Å². The summed E-state index contributed by atoms with van der Waals surface area (Å²) in [6, 6.07) is 7.67. The zero-order valence-corrected chi connectivity index (χ0v) is 12.4. The Bertz CT molecular complexity index is 821. The third-order valence-electron chi connectivity index (χ3n) is 2.99. The Hall–Kier alpha value is -3.69. The monoisotopic (exact) mass is 332 g/mol. The summed E-state index contributed by atoms with van der Waals surface area (Å²) in [7, 11) is 1.40. The number of phenolic OH excluding ortho intramolecular Hbond substituents is 1. The lowest BCUT2D eigenvalue weighted by Gasteiger charge is -2.04. The third-order valence-corrected chi connectivity index (χ3v) is 2.99. The number of hydrogen-bond acceptors (Lipinski definition) is 8. The molecule has 10 nitrogen and oxygen atoms in total. The van der Waals surface area contributed by atoms with Gasteiger partial charge in [0.15, 0.2) is 11.5 Å². The molecule has 0 saturated carbocycles. The minimum atomic E-state index is -0.742. The first-order valence-electron chi connectivity index (χ1n) is 6.51. The Labute approximate surface area is 135 Å². The predicted octanol–water partition coefficient (Wildman–Crippen LogP) is 2.66. The molecule has 0 spiro atoms. The fraction of sp³-hybridized carbons (Fsp3) is 0.0714. The molecule has 0 atom stereocenters. The highest BCUT2D eigenvalue weighted by atomic mass is 16.6. The molecule has 2 rings (SSSR count). The molecular formula is C14H12N4O6. The van der Waals surface area contributed by atoms with Crippen LogP contribution >= 0.6 is 0 Å². The van der Waals surface area contributed by atoms with E-state index in [0.29, 0.717) is 5.56 Å². The van der Waals surface area contributed by atoms with Crippen molar-refractivity contribution in [2.45, 2.75) is 0 Å². The molecule has 2 aromatic rings. The molecule has 0 unspecified atom stereocenters. The lowest BCUT2D eigenvalue weighted by Crippen LogP contribution is -1.98. The van der Waals surface area contributed by atoms with Crippen LogP contribution in [0.1, 0.15) is 5.56 Å². The van der Waals surface area contributed by atoms with Gasteiger partial charge in [-0.1, -0.05) is 0 Å². The van der Waals surface area contributed by atoms with Crippen molar-refractivity contribution in [3.05, 3.63) is 62.2 Å². The van der Waals surface area contributed by atoms with Crippen LogP contribution in [0.15, 0.2) is 41.5 Å². The summed E-state index contributed by atoms with van der Waals surface area (Å²) in [6.45, 7) is 0. The van der Waals surface area contributed by atoms with Crippen LogP contribution < -0.4 is 10.2 Å². The Morgan fingerprint density at radius 2 is 1.92 bits per heavy atom. The zero-order chi connectivity index (χ0) is 17.7. The number of nitro groups is 2. The van der Waals surface area contributed by atoms with Gasteiger partial charge in [0.1, 0.15) is 5.69 Å². The van der Waals surface area contributed by atoms with E-state index in [1.807, 2.05) is 0 Å². The number of phenols is 1. The molecule has 0 radical (unpaired) electrons. The molecule has 0 heterocycles. The van der Waals surface area contributed by atoms with Gasteiger partial charge < -0.3 is 9.84 Å². The smallest absolute Gasteiger partial charge is 0.301 e. The van der Waals surface area contributed by atoms with E-state index in [9.17, 15) is 25.3 Å². The van der Waals surface area contributed by atoms with Crippen molar-refractivity contribution in [2.75, 3.05) is 12.5 Å². The maximum Gasteiger partial charge on any atom is 0.301 e. The number of rotatable bonds is 6. The first-order valence-corrected chi connectivity index (χ1v) is 6.51. The van der Waals surface area contributed by atoms with E-state index < -0.39 is 15.5 Å². The second-order valence-corrected chi connectivity index (χ2v) is 4.52. The largest absolute Gasteiger partial charge is 0.504 e. The summed E-state index contributed by atoms with van der Waals surface area (Å²) in [5, 5.41) is 35.0. The second kappa shape index (κ2) is 7.05. The Morgan fingerprint density at radius 1 is 1.17 bits per heavy atom. The van der Waals surface area contributed by atoms with Crippen molar-refractivity contribution >= 4 is 23.3 Å². The van der Waals surface area contributed by atoms with E-state index in [-0.39, 0.29) is 22.9 Å². The van der Waals surface area contributed by atoms with Gasteiger partial charge in [-0.15, -0.1) is 0 Å². The zero-order valence-electron chi connectivity index (χ0n) is 12.4. The highest BCUT2D eigenvalue weighted by Crippen LogP contribution is 2.29. The van der Waals surface area contributed by atoms with Crippen LogP contribution in [0.25, 0.3) is 0 Å². The molecule has 0 amide bonds. The third kappa shape index (κ3) is 3.74. The standard InChI is InChI=1S/C14H12N4O6/c1-24-14-6-9(2-5-13(14)19)8-15-16-11-4-3-10(17(20)21)7-12(11)18(22)23/h2-8,16,19H,1H3/b15-8+. The molecule has 0 aromatic heterocycles. The van der Waals surface area contributed by atoms with Crippen molar-refractivity contribution in [3.8, 4) is 11.5 Å². The number of aromatic hydroxyl groups is 1. The number of hydrogen-bond donors (Lipinski definition) is 2. The van der Waals surface area contributed by atoms with E-state index in [2.05, 4.69) is 10.5 Å². The number of non-ortho nitro benzene ring substituents is 1. The topological polar surface area (TPSA) is 140 Å². The molecule has 124 valence electrons. The van der Waals surface area contributed by atoms with E-state index in [1.165, 1.54) is 31.5 Å². The van der Waals surface area contributed by atoms with Gasteiger partial charge in [-0.2, -0.15) is 5.10 Å². The number of nitro benzene ring substituents is 2. The van der Waals surface area contributed by atoms with Crippen molar-refractivity contribution in [1.82, 2.24) is 0 Å². The molecule has 24 heavy (non-hydrogen) atoms. The minimum absolute atomic E-state index is 0.00703. The molecule has 0 aliphatic carbocycles. The van der Waals surface area contributed by atoms with Crippen LogP contribution in [0, 0.1) is 20.2 Å². The van der Waals surface area contributed by atoms with Crippen molar-refractivity contribution < 1.29 is 19.7 Å². The number of anilines is 1. The van der Waals surface area contributed by atoms with Gasteiger partial charge in [-0.3, -0.25) is 25.7 Å². The quantitative estimate of drug-likeness (QED) is 0.470. The van der Waals surface area contributed by atoms with Crippen LogP contribution in [0.4, 0.5) is 17.1 Å². The maximum atomic E-state index is 11.0.